The van der Waals surface area contributed by atoms with Crippen LogP contribution in [0.5, 0.6) is 0 Å². The van der Waals surface area contributed by atoms with E-state index in [1.165, 1.54) is 193 Å². The standard InChI is InChI=1S/C48H90O4/c1-3-5-7-9-11-13-15-17-19-21-23-24-25-26-28-30-32-34-36-38-40-42-44-51-46-47(45-49)52-48(50)43-41-39-37-35-33-31-29-27-22-20-18-16-14-12-10-8-6-4-2/h14,16,20-23,47,49H,3-13,15,17-19,24-46H2,1-2H3/b16-14-,22-20-,23-21-. The number of aliphatic hydroxyl groups excluding tert-OH is 1. The third-order valence-electron chi connectivity index (χ3n) is 10.2. The van der Waals surface area contributed by atoms with Crippen LogP contribution in [-0.4, -0.2) is 37.0 Å². The van der Waals surface area contributed by atoms with Gasteiger partial charge in [-0.1, -0.05) is 198 Å². The van der Waals surface area contributed by atoms with Crippen LogP contribution in [0.1, 0.15) is 239 Å². The number of allylic oxidation sites excluding steroid dienone is 6. The van der Waals surface area contributed by atoms with Gasteiger partial charge in [-0.15, -0.1) is 0 Å². The van der Waals surface area contributed by atoms with Crippen molar-refractivity contribution in [1.29, 1.82) is 0 Å². The van der Waals surface area contributed by atoms with Crippen LogP contribution in [0.4, 0.5) is 0 Å². The minimum atomic E-state index is -0.538. The molecule has 4 nitrogen and oxygen atoms in total. The van der Waals surface area contributed by atoms with Crippen molar-refractivity contribution in [3.8, 4) is 0 Å². The van der Waals surface area contributed by atoms with Gasteiger partial charge < -0.3 is 14.6 Å². The van der Waals surface area contributed by atoms with Crippen molar-refractivity contribution in [2.45, 2.75) is 245 Å². The summed E-state index contributed by atoms with van der Waals surface area (Å²) >= 11 is 0. The summed E-state index contributed by atoms with van der Waals surface area (Å²) in [4.78, 5) is 12.2. The maximum Gasteiger partial charge on any atom is 0.306 e. The number of rotatable bonds is 43. The Bertz CT molecular complexity index is 772. The number of hydrogen-bond acceptors (Lipinski definition) is 4. The summed E-state index contributed by atoms with van der Waals surface area (Å²) in [6.45, 7) is 5.34. The molecular formula is C48H90O4. The van der Waals surface area contributed by atoms with Gasteiger partial charge in [-0.2, -0.15) is 0 Å². The van der Waals surface area contributed by atoms with E-state index in [0.29, 0.717) is 19.6 Å². The first-order chi connectivity index (χ1) is 25.7. The van der Waals surface area contributed by atoms with Crippen molar-refractivity contribution >= 4 is 5.97 Å². The van der Waals surface area contributed by atoms with Crippen LogP contribution in [0.25, 0.3) is 0 Å². The minimum Gasteiger partial charge on any atom is -0.457 e. The zero-order chi connectivity index (χ0) is 37.7. The lowest BCUT2D eigenvalue weighted by Crippen LogP contribution is -2.27. The molecule has 0 rings (SSSR count). The minimum absolute atomic E-state index is 0.174. The van der Waals surface area contributed by atoms with E-state index in [1.54, 1.807) is 0 Å². The van der Waals surface area contributed by atoms with E-state index in [0.717, 1.165) is 25.7 Å². The van der Waals surface area contributed by atoms with Crippen molar-refractivity contribution < 1.29 is 19.4 Å². The summed E-state index contributed by atoms with van der Waals surface area (Å²) < 4.78 is 11.2. The summed E-state index contributed by atoms with van der Waals surface area (Å²) in [7, 11) is 0. The molecule has 1 atom stereocenters. The predicted molar refractivity (Wildman–Crippen MR) is 228 cm³/mol. The molecule has 0 aromatic carbocycles. The van der Waals surface area contributed by atoms with E-state index in [4.69, 9.17) is 9.47 Å². The molecule has 1 N–H and O–H groups in total. The van der Waals surface area contributed by atoms with E-state index in [-0.39, 0.29) is 12.6 Å². The summed E-state index contributed by atoms with van der Waals surface area (Å²) in [5.41, 5.74) is 0. The van der Waals surface area contributed by atoms with Gasteiger partial charge in [0.2, 0.25) is 0 Å². The topological polar surface area (TPSA) is 55.8 Å². The second kappa shape index (κ2) is 45.8. The molecular weight excluding hydrogens is 641 g/mol. The maximum atomic E-state index is 12.2. The van der Waals surface area contributed by atoms with Gasteiger partial charge in [0, 0.05) is 13.0 Å². The monoisotopic (exact) mass is 731 g/mol. The molecule has 0 bridgehead atoms. The van der Waals surface area contributed by atoms with Gasteiger partial charge in [-0.05, 0) is 70.6 Å². The van der Waals surface area contributed by atoms with E-state index in [1.807, 2.05) is 0 Å². The van der Waals surface area contributed by atoms with Crippen LogP contribution in [-0.2, 0) is 14.3 Å². The predicted octanol–water partition coefficient (Wildman–Crippen LogP) is 15.3. The molecule has 0 spiro atoms. The number of ether oxygens (including phenoxy) is 2. The Balaban J connectivity index is 3.41. The van der Waals surface area contributed by atoms with Gasteiger partial charge in [0.1, 0.15) is 6.10 Å². The number of hydrogen-bond donors (Lipinski definition) is 1. The molecule has 1 unspecified atom stereocenters. The van der Waals surface area contributed by atoms with Crippen LogP contribution >= 0.6 is 0 Å². The quantitative estimate of drug-likeness (QED) is 0.0385. The third-order valence-corrected chi connectivity index (χ3v) is 10.2. The van der Waals surface area contributed by atoms with E-state index in [9.17, 15) is 9.90 Å². The number of unbranched alkanes of at least 4 members (excludes halogenated alkanes) is 29. The normalized spacial score (nSPS) is 12.6. The number of esters is 1. The van der Waals surface area contributed by atoms with Gasteiger partial charge in [-0.3, -0.25) is 4.79 Å². The van der Waals surface area contributed by atoms with Crippen LogP contribution < -0.4 is 0 Å². The summed E-state index contributed by atoms with van der Waals surface area (Å²) in [6, 6.07) is 0. The van der Waals surface area contributed by atoms with Crippen molar-refractivity contribution in [1.82, 2.24) is 0 Å². The molecule has 0 aliphatic rings. The summed E-state index contributed by atoms with van der Waals surface area (Å²) in [6.07, 6.45) is 57.8. The first-order valence-electron chi connectivity index (χ1n) is 23.1. The highest BCUT2D eigenvalue weighted by atomic mass is 16.6. The number of carbonyl (C=O) groups excluding carboxylic acids is 1. The van der Waals surface area contributed by atoms with Crippen molar-refractivity contribution in [3.05, 3.63) is 36.5 Å². The molecule has 4 heteroatoms. The third kappa shape index (κ3) is 43.0. The Morgan fingerprint density at radius 3 is 1.23 bits per heavy atom. The van der Waals surface area contributed by atoms with Crippen molar-refractivity contribution in [3.63, 3.8) is 0 Å². The molecule has 0 heterocycles. The molecule has 0 aromatic heterocycles. The molecule has 0 saturated carbocycles. The first-order valence-corrected chi connectivity index (χ1v) is 23.1. The lowest BCUT2D eigenvalue weighted by molar-refractivity contribution is -0.154. The van der Waals surface area contributed by atoms with Crippen molar-refractivity contribution in [2.75, 3.05) is 19.8 Å². The maximum absolute atomic E-state index is 12.2. The second-order valence-electron chi connectivity index (χ2n) is 15.5. The SMILES string of the molecule is CCCCCC/C=C\C/C=C\CCCCCCCCCC(=O)OC(CO)COCCCCCCCCCCCC/C=C\CCCCCCCCCC. The largest absolute Gasteiger partial charge is 0.457 e. The average molecular weight is 731 g/mol. The van der Waals surface area contributed by atoms with Crippen molar-refractivity contribution in [2.24, 2.45) is 0 Å². The second-order valence-corrected chi connectivity index (χ2v) is 15.5. The van der Waals surface area contributed by atoms with Gasteiger partial charge >= 0.3 is 5.97 Å². The van der Waals surface area contributed by atoms with Crippen LogP contribution in [0.3, 0.4) is 0 Å². The highest BCUT2D eigenvalue weighted by molar-refractivity contribution is 5.69. The Morgan fingerprint density at radius 1 is 0.462 bits per heavy atom. The van der Waals surface area contributed by atoms with E-state index < -0.39 is 6.10 Å². The molecule has 0 fully saturated rings. The molecule has 0 saturated heterocycles. The van der Waals surface area contributed by atoms with Crippen LogP contribution in [0.2, 0.25) is 0 Å². The van der Waals surface area contributed by atoms with Gasteiger partial charge in [0.05, 0.1) is 13.2 Å². The van der Waals surface area contributed by atoms with Gasteiger partial charge in [0.25, 0.3) is 0 Å². The highest BCUT2D eigenvalue weighted by Gasteiger charge is 2.13. The molecule has 0 aromatic rings. The smallest absolute Gasteiger partial charge is 0.306 e. The lowest BCUT2D eigenvalue weighted by Gasteiger charge is -2.16. The Hall–Kier alpha value is -1.39. The first kappa shape index (κ1) is 50.6. The Labute approximate surface area is 325 Å². The zero-order valence-corrected chi connectivity index (χ0v) is 35.1. The molecule has 52 heavy (non-hydrogen) atoms. The Morgan fingerprint density at radius 2 is 0.808 bits per heavy atom. The summed E-state index contributed by atoms with van der Waals surface area (Å²) in [5.74, 6) is -0.207. The average Bonchev–Trinajstić information content (AvgIpc) is 3.15. The highest BCUT2D eigenvalue weighted by Crippen LogP contribution is 2.14. The van der Waals surface area contributed by atoms with Gasteiger partial charge in [0.15, 0.2) is 0 Å². The van der Waals surface area contributed by atoms with E-state index >= 15 is 0 Å². The summed E-state index contributed by atoms with van der Waals surface area (Å²) in [5, 5.41) is 9.62. The number of carbonyl (C=O) groups is 1. The Kier molecular flexibility index (Phi) is 44.5. The van der Waals surface area contributed by atoms with Gasteiger partial charge in [-0.25, -0.2) is 0 Å². The molecule has 306 valence electrons. The zero-order valence-electron chi connectivity index (χ0n) is 35.1. The van der Waals surface area contributed by atoms with Crippen LogP contribution in [0.15, 0.2) is 36.5 Å². The van der Waals surface area contributed by atoms with E-state index in [2.05, 4.69) is 50.3 Å². The molecule has 0 aliphatic heterocycles. The fourth-order valence-corrected chi connectivity index (χ4v) is 6.71. The lowest BCUT2D eigenvalue weighted by atomic mass is 10.1. The van der Waals surface area contributed by atoms with Crippen LogP contribution in [0, 0.1) is 0 Å². The molecule has 0 radical (unpaired) electrons. The fourth-order valence-electron chi connectivity index (χ4n) is 6.71. The molecule has 0 aliphatic carbocycles. The molecule has 0 amide bonds. The fraction of sp³-hybridized carbons (Fsp3) is 0.854. The number of aliphatic hydroxyl groups is 1.